The Bertz CT molecular complexity index is 345. The number of hydrogen-bond donors (Lipinski definition) is 0. The quantitative estimate of drug-likeness (QED) is 0.287. The van der Waals surface area contributed by atoms with Gasteiger partial charge in [0.15, 0.2) is 0 Å². The molecule has 0 N–H and O–H groups in total. The summed E-state index contributed by atoms with van der Waals surface area (Å²) in [5.74, 6) is -1.44. The van der Waals surface area contributed by atoms with E-state index in [4.69, 9.17) is 14.2 Å². The average molecular weight is 272 g/mol. The Balaban J connectivity index is 4.47. The molecule has 0 aliphatic rings. The summed E-state index contributed by atoms with van der Waals surface area (Å²) in [4.78, 5) is 33.5. The molecule has 0 bridgehead atoms. The number of rotatable bonds is 8. The second kappa shape index (κ2) is 10.1. The minimum Gasteiger partial charge on any atom is -0.466 e. The normalized spacial score (nSPS) is 10.8. The molecule has 0 radical (unpaired) electrons. The molecule has 0 aromatic carbocycles. The molecule has 0 heterocycles. The maximum atomic E-state index is 11.6. The minimum absolute atomic E-state index is 0.146. The van der Waals surface area contributed by atoms with Crippen LogP contribution in [0.25, 0.3) is 0 Å². The first-order valence-electron chi connectivity index (χ1n) is 6.16. The van der Waals surface area contributed by atoms with Crippen LogP contribution in [0.2, 0.25) is 0 Å². The lowest BCUT2D eigenvalue weighted by molar-refractivity contribution is -0.145. The summed E-state index contributed by atoms with van der Waals surface area (Å²) in [6.07, 6.45) is 1.72. The molecule has 0 saturated heterocycles. The molecule has 0 amide bonds. The molecule has 6 heteroatoms. The lowest BCUT2D eigenvalue weighted by atomic mass is 10.1. The van der Waals surface area contributed by atoms with Crippen molar-refractivity contribution in [3.05, 3.63) is 11.6 Å². The van der Waals surface area contributed by atoms with Crippen molar-refractivity contribution >= 4 is 17.9 Å². The van der Waals surface area contributed by atoms with E-state index in [9.17, 15) is 14.4 Å². The van der Waals surface area contributed by atoms with Gasteiger partial charge in [-0.2, -0.15) is 0 Å². The van der Waals surface area contributed by atoms with Gasteiger partial charge in [-0.1, -0.05) is 6.08 Å². The van der Waals surface area contributed by atoms with Gasteiger partial charge in [-0.15, -0.1) is 0 Å². The van der Waals surface area contributed by atoms with Gasteiger partial charge in [0.25, 0.3) is 0 Å². The highest BCUT2D eigenvalue weighted by molar-refractivity contribution is 5.93. The van der Waals surface area contributed by atoms with E-state index in [1.165, 1.54) is 13.0 Å². The standard InChI is InChI=1S/C13H20O6/c1-4-17-12(15)9-11(13(16)18-5-2)7-6-8-19-10(3)14/h7H,4-6,8-9H2,1-3H3/b11-7-. The van der Waals surface area contributed by atoms with Gasteiger partial charge in [0.05, 0.1) is 26.2 Å². The van der Waals surface area contributed by atoms with Crippen LogP contribution in [0.15, 0.2) is 11.6 Å². The van der Waals surface area contributed by atoms with Crippen molar-refractivity contribution in [3.8, 4) is 0 Å². The van der Waals surface area contributed by atoms with E-state index in [-0.39, 0.29) is 31.8 Å². The fraction of sp³-hybridized carbons (Fsp3) is 0.615. The third-order valence-corrected chi connectivity index (χ3v) is 1.99. The smallest absolute Gasteiger partial charge is 0.334 e. The maximum Gasteiger partial charge on any atom is 0.334 e. The van der Waals surface area contributed by atoms with Crippen molar-refractivity contribution in [2.24, 2.45) is 0 Å². The van der Waals surface area contributed by atoms with Crippen LogP contribution in [0.5, 0.6) is 0 Å². The van der Waals surface area contributed by atoms with Crippen LogP contribution in [0.4, 0.5) is 0 Å². The number of ether oxygens (including phenoxy) is 3. The Morgan fingerprint density at radius 1 is 1.00 bits per heavy atom. The Morgan fingerprint density at radius 2 is 1.63 bits per heavy atom. The van der Waals surface area contributed by atoms with Gasteiger partial charge < -0.3 is 14.2 Å². The topological polar surface area (TPSA) is 78.9 Å². The van der Waals surface area contributed by atoms with Gasteiger partial charge >= 0.3 is 17.9 Å². The van der Waals surface area contributed by atoms with Gasteiger partial charge in [-0.05, 0) is 13.8 Å². The predicted octanol–water partition coefficient (Wildman–Crippen LogP) is 1.38. The number of esters is 3. The summed E-state index contributed by atoms with van der Waals surface area (Å²) in [5.41, 5.74) is 0.215. The summed E-state index contributed by atoms with van der Waals surface area (Å²) in [5, 5.41) is 0. The summed E-state index contributed by atoms with van der Waals surface area (Å²) in [6, 6.07) is 0. The van der Waals surface area contributed by atoms with Crippen LogP contribution < -0.4 is 0 Å². The summed E-state index contributed by atoms with van der Waals surface area (Å²) in [7, 11) is 0. The molecule has 0 fully saturated rings. The van der Waals surface area contributed by atoms with Gasteiger partial charge in [-0.3, -0.25) is 9.59 Å². The Hall–Kier alpha value is -1.85. The predicted molar refractivity (Wildman–Crippen MR) is 67.2 cm³/mol. The fourth-order valence-corrected chi connectivity index (χ4v) is 1.25. The van der Waals surface area contributed by atoms with Crippen LogP contribution in [0, 0.1) is 0 Å². The minimum atomic E-state index is -0.557. The molecule has 0 atom stereocenters. The molecule has 6 nitrogen and oxygen atoms in total. The molecule has 0 aliphatic heterocycles. The highest BCUT2D eigenvalue weighted by atomic mass is 16.5. The molecule has 0 spiro atoms. The third-order valence-electron chi connectivity index (χ3n) is 1.99. The van der Waals surface area contributed by atoms with Crippen LogP contribution in [-0.2, 0) is 28.6 Å². The molecule has 0 aliphatic carbocycles. The second-order valence-electron chi connectivity index (χ2n) is 3.56. The van der Waals surface area contributed by atoms with Crippen LogP contribution in [0.1, 0.15) is 33.6 Å². The van der Waals surface area contributed by atoms with Gasteiger partial charge in [-0.25, -0.2) is 4.79 Å². The Labute approximate surface area is 112 Å². The number of carbonyl (C=O) groups excluding carboxylic acids is 3. The van der Waals surface area contributed by atoms with E-state index in [1.807, 2.05) is 0 Å². The van der Waals surface area contributed by atoms with Gasteiger partial charge in [0.2, 0.25) is 0 Å². The van der Waals surface area contributed by atoms with Crippen molar-refractivity contribution in [1.29, 1.82) is 0 Å². The zero-order valence-corrected chi connectivity index (χ0v) is 11.6. The first-order valence-corrected chi connectivity index (χ1v) is 6.16. The second-order valence-corrected chi connectivity index (χ2v) is 3.56. The highest BCUT2D eigenvalue weighted by Gasteiger charge is 2.15. The average Bonchev–Trinajstić information content (AvgIpc) is 2.33. The summed E-state index contributed by atoms with van der Waals surface area (Å²) in [6.45, 7) is 5.30. The molecule has 108 valence electrons. The molecule has 0 aromatic heterocycles. The molecular weight excluding hydrogens is 252 g/mol. The van der Waals surface area contributed by atoms with E-state index in [2.05, 4.69) is 0 Å². The summed E-state index contributed by atoms with van der Waals surface area (Å²) < 4.78 is 14.3. The molecule has 0 rings (SSSR count). The lowest BCUT2D eigenvalue weighted by Gasteiger charge is -2.07. The van der Waals surface area contributed by atoms with Crippen molar-refractivity contribution < 1.29 is 28.6 Å². The van der Waals surface area contributed by atoms with E-state index in [0.29, 0.717) is 6.42 Å². The lowest BCUT2D eigenvalue weighted by Crippen LogP contribution is -2.14. The van der Waals surface area contributed by atoms with E-state index < -0.39 is 17.9 Å². The summed E-state index contributed by atoms with van der Waals surface area (Å²) >= 11 is 0. The van der Waals surface area contributed by atoms with E-state index in [1.54, 1.807) is 13.8 Å². The van der Waals surface area contributed by atoms with Crippen molar-refractivity contribution in [1.82, 2.24) is 0 Å². The van der Waals surface area contributed by atoms with E-state index in [0.717, 1.165) is 0 Å². The Morgan fingerprint density at radius 3 is 2.16 bits per heavy atom. The van der Waals surface area contributed by atoms with Crippen molar-refractivity contribution in [3.63, 3.8) is 0 Å². The zero-order valence-electron chi connectivity index (χ0n) is 11.6. The molecular formula is C13H20O6. The van der Waals surface area contributed by atoms with Crippen LogP contribution in [-0.4, -0.2) is 37.7 Å². The highest BCUT2D eigenvalue weighted by Crippen LogP contribution is 2.08. The fourth-order valence-electron chi connectivity index (χ4n) is 1.25. The number of carbonyl (C=O) groups is 3. The molecule has 19 heavy (non-hydrogen) atoms. The van der Waals surface area contributed by atoms with Gasteiger partial charge in [0.1, 0.15) is 0 Å². The molecule has 0 unspecified atom stereocenters. The zero-order chi connectivity index (χ0) is 14.7. The maximum absolute atomic E-state index is 11.6. The third kappa shape index (κ3) is 8.82. The Kier molecular flexibility index (Phi) is 9.12. The number of hydrogen-bond acceptors (Lipinski definition) is 6. The van der Waals surface area contributed by atoms with Crippen LogP contribution in [0.3, 0.4) is 0 Å². The first kappa shape index (κ1) is 17.2. The van der Waals surface area contributed by atoms with Crippen molar-refractivity contribution in [2.75, 3.05) is 19.8 Å². The monoisotopic (exact) mass is 272 g/mol. The van der Waals surface area contributed by atoms with E-state index >= 15 is 0 Å². The molecule has 0 saturated carbocycles. The molecule has 0 aromatic rings. The SMILES string of the molecule is CCOC(=O)C/C(=C/CCOC(C)=O)C(=O)OCC. The largest absolute Gasteiger partial charge is 0.466 e. The van der Waals surface area contributed by atoms with Crippen molar-refractivity contribution in [2.45, 2.75) is 33.6 Å². The first-order chi connectivity index (χ1) is 9.01. The van der Waals surface area contributed by atoms with Gasteiger partial charge in [0, 0.05) is 18.9 Å². The van der Waals surface area contributed by atoms with Crippen LogP contribution >= 0.6 is 0 Å².